The second-order valence-electron chi connectivity index (χ2n) is 6.67. The van der Waals surface area contributed by atoms with Crippen molar-refractivity contribution in [2.45, 2.75) is 6.54 Å². The van der Waals surface area contributed by atoms with Crippen LogP contribution in [0.1, 0.15) is 16.7 Å². The van der Waals surface area contributed by atoms with Crippen molar-refractivity contribution in [3.8, 4) is 0 Å². The van der Waals surface area contributed by atoms with Gasteiger partial charge in [0.25, 0.3) is 5.91 Å². The van der Waals surface area contributed by atoms with Crippen LogP contribution in [0.4, 0.5) is 8.78 Å². The quantitative estimate of drug-likeness (QED) is 0.479. The molecule has 0 fully saturated rings. The van der Waals surface area contributed by atoms with Crippen molar-refractivity contribution < 1.29 is 13.6 Å². The number of nitrogens with zero attached hydrogens (tertiary/aromatic N) is 1. The summed E-state index contributed by atoms with van der Waals surface area (Å²) in [5, 5.41) is 0.565. The minimum Gasteiger partial charge on any atom is -0.303 e. The maximum absolute atomic E-state index is 13.4. The van der Waals surface area contributed by atoms with Crippen LogP contribution in [0.5, 0.6) is 0 Å². The molecule has 5 heteroatoms. The fourth-order valence-corrected chi connectivity index (χ4v) is 3.40. The molecule has 144 valence electrons. The van der Waals surface area contributed by atoms with Gasteiger partial charge in [-0.25, -0.2) is 8.78 Å². The van der Waals surface area contributed by atoms with Gasteiger partial charge in [-0.3, -0.25) is 4.79 Å². The van der Waals surface area contributed by atoms with E-state index in [9.17, 15) is 13.6 Å². The molecule has 3 aromatic carbocycles. The van der Waals surface area contributed by atoms with Crippen LogP contribution in [0.3, 0.4) is 0 Å². The van der Waals surface area contributed by atoms with E-state index in [0.29, 0.717) is 27.4 Å². The first kappa shape index (κ1) is 19.1. The summed E-state index contributed by atoms with van der Waals surface area (Å²) in [6.45, 7) is 0.280. The topological polar surface area (TPSA) is 20.3 Å². The van der Waals surface area contributed by atoms with Gasteiger partial charge in [0, 0.05) is 10.6 Å². The third-order valence-electron chi connectivity index (χ3n) is 4.69. The van der Waals surface area contributed by atoms with E-state index in [1.807, 2.05) is 18.2 Å². The van der Waals surface area contributed by atoms with Crippen LogP contribution in [0, 0.1) is 11.6 Å². The molecular weight excluding hydrogens is 392 g/mol. The van der Waals surface area contributed by atoms with Crippen molar-refractivity contribution in [2.75, 3.05) is 0 Å². The number of carbonyl (C=O) groups is 1. The molecule has 0 radical (unpaired) electrons. The molecule has 3 aromatic rings. The molecule has 0 atom stereocenters. The Morgan fingerprint density at radius 2 is 1.48 bits per heavy atom. The predicted octanol–water partition coefficient (Wildman–Crippen LogP) is 6.09. The largest absolute Gasteiger partial charge is 0.303 e. The van der Waals surface area contributed by atoms with Crippen molar-refractivity contribution in [3.05, 3.63) is 118 Å². The van der Waals surface area contributed by atoms with Crippen LogP contribution in [0.2, 0.25) is 5.02 Å². The monoisotopic (exact) mass is 407 g/mol. The van der Waals surface area contributed by atoms with Gasteiger partial charge in [-0.15, -0.1) is 0 Å². The first-order valence-corrected chi connectivity index (χ1v) is 9.39. The molecule has 0 aliphatic carbocycles. The van der Waals surface area contributed by atoms with Crippen LogP contribution < -0.4 is 0 Å². The van der Waals surface area contributed by atoms with Crippen molar-refractivity contribution in [1.29, 1.82) is 0 Å². The predicted molar refractivity (Wildman–Crippen MR) is 111 cm³/mol. The summed E-state index contributed by atoms with van der Waals surface area (Å²) in [5.74, 6) is -0.889. The van der Waals surface area contributed by atoms with E-state index in [0.717, 1.165) is 5.56 Å². The molecule has 0 saturated heterocycles. The van der Waals surface area contributed by atoms with Gasteiger partial charge in [0.05, 0.1) is 12.2 Å². The summed E-state index contributed by atoms with van der Waals surface area (Å²) < 4.78 is 26.6. The number of carbonyl (C=O) groups excluding carboxylic acids is 1. The third-order valence-corrected chi connectivity index (χ3v) is 5.06. The Bertz CT molecular complexity index is 1120. The normalized spacial score (nSPS) is 15.1. The average Bonchev–Trinajstić information content (AvgIpc) is 3.02. The van der Waals surface area contributed by atoms with Crippen molar-refractivity contribution >= 4 is 29.3 Å². The molecular formula is C24H16ClF2NO. The lowest BCUT2D eigenvalue weighted by molar-refractivity contribution is -0.123. The van der Waals surface area contributed by atoms with Gasteiger partial charge in [-0.2, -0.15) is 0 Å². The summed E-state index contributed by atoms with van der Waals surface area (Å²) in [6.07, 6.45) is 3.47. The number of hydrogen-bond donors (Lipinski definition) is 0. The van der Waals surface area contributed by atoms with Gasteiger partial charge >= 0.3 is 0 Å². The first-order valence-electron chi connectivity index (χ1n) is 9.01. The van der Waals surface area contributed by atoms with Crippen molar-refractivity contribution in [2.24, 2.45) is 0 Å². The number of hydrogen-bond acceptors (Lipinski definition) is 1. The number of rotatable bonds is 4. The van der Waals surface area contributed by atoms with Gasteiger partial charge in [-0.05, 0) is 71.3 Å². The Hall–Kier alpha value is -3.24. The maximum Gasteiger partial charge on any atom is 0.258 e. The van der Waals surface area contributed by atoms with Crippen LogP contribution in [-0.4, -0.2) is 10.8 Å². The van der Waals surface area contributed by atoms with Crippen molar-refractivity contribution in [3.63, 3.8) is 0 Å². The summed E-state index contributed by atoms with van der Waals surface area (Å²) in [6, 6.07) is 19.2. The molecule has 0 bridgehead atoms. The Balaban J connectivity index is 1.75. The smallest absolute Gasteiger partial charge is 0.258 e. The van der Waals surface area contributed by atoms with Gasteiger partial charge in [-0.1, -0.05) is 41.9 Å². The summed E-state index contributed by atoms with van der Waals surface area (Å²) >= 11 is 6.29. The highest BCUT2D eigenvalue weighted by molar-refractivity contribution is 6.31. The van der Waals surface area contributed by atoms with Crippen LogP contribution in [0.25, 0.3) is 11.8 Å². The van der Waals surface area contributed by atoms with Gasteiger partial charge in [0.1, 0.15) is 11.6 Å². The molecule has 29 heavy (non-hydrogen) atoms. The molecule has 4 rings (SSSR count). The molecule has 0 aromatic heterocycles. The second kappa shape index (κ2) is 8.02. The number of benzene rings is 3. The molecule has 2 nitrogen and oxygen atoms in total. The van der Waals surface area contributed by atoms with Gasteiger partial charge in [0.2, 0.25) is 0 Å². The first-order chi connectivity index (χ1) is 14.0. The highest BCUT2D eigenvalue weighted by Gasteiger charge is 2.29. The van der Waals surface area contributed by atoms with Crippen molar-refractivity contribution in [1.82, 2.24) is 4.90 Å². The van der Waals surface area contributed by atoms with E-state index in [2.05, 4.69) is 0 Å². The molecule has 1 aliphatic rings. The molecule has 0 saturated carbocycles. The molecule has 0 unspecified atom stereocenters. The number of halogens is 3. The van der Waals surface area contributed by atoms with E-state index in [4.69, 9.17) is 11.6 Å². The Morgan fingerprint density at radius 3 is 2.14 bits per heavy atom. The molecule has 1 aliphatic heterocycles. The van der Waals surface area contributed by atoms with Gasteiger partial charge in [0.15, 0.2) is 0 Å². The zero-order valence-corrected chi connectivity index (χ0v) is 16.0. The molecule has 1 amide bonds. The second-order valence-corrected chi connectivity index (χ2v) is 7.08. The maximum atomic E-state index is 13.4. The lowest BCUT2D eigenvalue weighted by atomic mass is 10.1. The summed E-state index contributed by atoms with van der Waals surface area (Å²) in [5.41, 5.74) is 3.35. The SMILES string of the molecule is O=C1/C(=C\c2ccc(F)cc2)C=C(c2ccc(F)cc2)N1Cc1ccccc1Cl. The Morgan fingerprint density at radius 1 is 0.862 bits per heavy atom. The zero-order chi connectivity index (χ0) is 20.4. The standard InChI is InChI=1S/C24H16ClF2NO/c25-22-4-2-1-3-18(22)15-28-23(17-7-11-21(27)12-8-17)14-19(24(28)29)13-16-5-9-20(26)10-6-16/h1-14H,15H2/b19-13-. The lowest BCUT2D eigenvalue weighted by Gasteiger charge is -2.21. The molecule has 0 spiro atoms. The number of amides is 1. The van der Waals surface area contributed by atoms with E-state index in [-0.39, 0.29) is 24.1 Å². The third kappa shape index (κ3) is 4.13. The van der Waals surface area contributed by atoms with Crippen LogP contribution in [-0.2, 0) is 11.3 Å². The van der Waals surface area contributed by atoms with Gasteiger partial charge < -0.3 is 4.90 Å². The van der Waals surface area contributed by atoms with Crippen LogP contribution in [0.15, 0.2) is 84.4 Å². The van der Waals surface area contributed by atoms with E-state index >= 15 is 0 Å². The van der Waals surface area contributed by atoms with E-state index in [1.54, 1.807) is 47.4 Å². The minimum atomic E-state index is -0.349. The summed E-state index contributed by atoms with van der Waals surface area (Å²) in [7, 11) is 0. The highest BCUT2D eigenvalue weighted by atomic mass is 35.5. The van der Waals surface area contributed by atoms with E-state index < -0.39 is 0 Å². The minimum absolute atomic E-state index is 0.200. The fraction of sp³-hybridized carbons (Fsp3) is 0.0417. The fourth-order valence-electron chi connectivity index (χ4n) is 3.21. The Kier molecular flexibility index (Phi) is 5.28. The molecule has 0 N–H and O–H groups in total. The van der Waals surface area contributed by atoms with E-state index in [1.165, 1.54) is 24.3 Å². The molecule has 1 heterocycles. The Labute approximate surface area is 172 Å². The highest BCUT2D eigenvalue weighted by Crippen LogP contribution is 2.33. The zero-order valence-electron chi connectivity index (χ0n) is 15.3. The average molecular weight is 408 g/mol. The lowest BCUT2D eigenvalue weighted by Crippen LogP contribution is -2.25. The van der Waals surface area contributed by atoms with Crippen LogP contribution >= 0.6 is 11.6 Å². The summed E-state index contributed by atoms with van der Waals surface area (Å²) in [4.78, 5) is 14.8.